The number of hydrogen-bond acceptors (Lipinski definition) is 7. The van der Waals surface area contributed by atoms with Crippen LogP contribution in [0.1, 0.15) is 59.4 Å². The average Bonchev–Trinajstić information content (AvgIpc) is 3.48. The van der Waals surface area contributed by atoms with Gasteiger partial charge in [-0.05, 0) is 69.0 Å². The van der Waals surface area contributed by atoms with Gasteiger partial charge in [-0.25, -0.2) is 19.3 Å². The number of nitrogens with one attached hydrogen (secondary N) is 2. The maximum Gasteiger partial charge on any atom is 0.348 e. The van der Waals surface area contributed by atoms with Crippen molar-refractivity contribution < 1.29 is 24.5 Å². The Balaban J connectivity index is 1.60. The van der Waals surface area contributed by atoms with E-state index in [0.29, 0.717) is 23.4 Å². The molecule has 0 bridgehead atoms. The fourth-order valence-electron chi connectivity index (χ4n) is 4.73. The van der Waals surface area contributed by atoms with Gasteiger partial charge in [0.1, 0.15) is 23.6 Å². The molecule has 0 aliphatic heterocycles. The van der Waals surface area contributed by atoms with Gasteiger partial charge in [-0.15, -0.1) is 0 Å². The highest BCUT2D eigenvalue weighted by Gasteiger charge is 2.21. The second-order valence-corrected chi connectivity index (χ2v) is 11.4. The van der Waals surface area contributed by atoms with E-state index in [1.807, 2.05) is 49.7 Å². The van der Waals surface area contributed by atoms with Gasteiger partial charge in [0.15, 0.2) is 5.82 Å². The minimum atomic E-state index is -0.641. The van der Waals surface area contributed by atoms with Crippen molar-refractivity contribution in [2.45, 2.75) is 66.2 Å². The van der Waals surface area contributed by atoms with Crippen LogP contribution in [-0.4, -0.2) is 65.1 Å². The van der Waals surface area contributed by atoms with E-state index in [-0.39, 0.29) is 42.5 Å². The van der Waals surface area contributed by atoms with E-state index in [2.05, 4.69) is 15.5 Å². The van der Waals surface area contributed by atoms with Gasteiger partial charge in [-0.3, -0.25) is 4.79 Å². The van der Waals surface area contributed by atoms with Gasteiger partial charge in [0.25, 0.3) is 0 Å². The van der Waals surface area contributed by atoms with Crippen LogP contribution in [-0.2, 0) is 16.2 Å². The highest BCUT2D eigenvalue weighted by atomic mass is 16.6. The zero-order chi connectivity index (χ0) is 30.8. The molecule has 2 heterocycles. The number of aromatic hydroxyl groups is 2. The van der Waals surface area contributed by atoms with Crippen molar-refractivity contribution in [1.82, 2.24) is 29.5 Å². The van der Waals surface area contributed by atoms with Crippen LogP contribution < -0.4 is 11.0 Å². The minimum Gasteiger partial charge on any atom is -0.508 e. The quantitative estimate of drug-likeness (QED) is 0.214. The van der Waals surface area contributed by atoms with Gasteiger partial charge in [0, 0.05) is 29.7 Å². The topological polar surface area (TPSA) is 155 Å². The molecule has 4 rings (SSSR count). The van der Waals surface area contributed by atoms with Crippen molar-refractivity contribution in [1.29, 1.82) is 0 Å². The summed E-state index contributed by atoms with van der Waals surface area (Å²) < 4.78 is 8.54. The summed E-state index contributed by atoms with van der Waals surface area (Å²) in [5.41, 5.74) is 1.14. The highest BCUT2D eigenvalue weighted by Crippen LogP contribution is 2.37. The summed E-state index contributed by atoms with van der Waals surface area (Å²) >= 11 is 0. The van der Waals surface area contributed by atoms with E-state index in [0.717, 1.165) is 17.3 Å². The Morgan fingerprint density at radius 2 is 1.86 bits per heavy atom. The normalized spacial score (nSPS) is 11.7. The van der Waals surface area contributed by atoms with E-state index in [1.54, 1.807) is 37.8 Å². The maximum absolute atomic E-state index is 12.9. The first-order valence-corrected chi connectivity index (χ1v) is 13.9. The lowest BCUT2D eigenvalue weighted by molar-refractivity contribution is -0.153. The standard InChI is InChI=1S/C30H38N6O6/c1-7-11-35(28(40)31-16-26(39)42-30(4,5)6)17-34-12-10-19-13-20(8-9-23(19)34)36-27(32-33-29(36)41)22-14-21(18(2)3)24(37)15-25(22)38/h8-10,12-15,18,37-38H,7,11,16-17H2,1-6H3,(H,31,40)(H,33,41). The van der Waals surface area contributed by atoms with Crippen LogP contribution >= 0.6 is 0 Å². The number of phenolic OH excluding ortho intramolecular Hbond substituents is 2. The third kappa shape index (κ3) is 6.59. The van der Waals surface area contributed by atoms with Crippen LogP contribution in [0.3, 0.4) is 0 Å². The molecule has 2 amide bonds. The Morgan fingerprint density at radius 1 is 1.12 bits per heavy atom. The number of amides is 2. The number of hydrogen-bond donors (Lipinski definition) is 4. The smallest absolute Gasteiger partial charge is 0.348 e. The summed E-state index contributed by atoms with van der Waals surface area (Å²) in [7, 11) is 0. The second-order valence-electron chi connectivity index (χ2n) is 11.4. The van der Waals surface area contributed by atoms with E-state index in [4.69, 9.17) is 4.74 Å². The van der Waals surface area contributed by atoms with E-state index < -0.39 is 17.3 Å². The monoisotopic (exact) mass is 578 g/mol. The Labute approximate surface area is 243 Å². The summed E-state index contributed by atoms with van der Waals surface area (Å²) in [6.45, 7) is 11.6. The van der Waals surface area contributed by atoms with Crippen molar-refractivity contribution in [3.8, 4) is 28.6 Å². The number of urea groups is 1. The van der Waals surface area contributed by atoms with E-state index >= 15 is 0 Å². The molecule has 0 saturated carbocycles. The Morgan fingerprint density at radius 3 is 2.52 bits per heavy atom. The molecule has 2 aromatic carbocycles. The molecule has 0 radical (unpaired) electrons. The fraction of sp³-hybridized carbons (Fsp3) is 0.400. The molecular formula is C30H38N6O6. The van der Waals surface area contributed by atoms with Crippen molar-refractivity contribution in [3.63, 3.8) is 0 Å². The predicted octanol–water partition coefficient (Wildman–Crippen LogP) is 4.44. The van der Waals surface area contributed by atoms with Gasteiger partial charge < -0.3 is 29.7 Å². The lowest BCUT2D eigenvalue weighted by Gasteiger charge is -2.24. The number of nitrogens with zero attached hydrogens (tertiary/aromatic N) is 4. The zero-order valence-corrected chi connectivity index (χ0v) is 24.8. The zero-order valence-electron chi connectivity index (χ0n) is 24.8. The molecule has 224 valence electrons. The van der Waals surface area contributed by atoms with Gasteiger partial charge in [-0.1, -0.05) is 20.8 Å². The minimum absolute atomic E-state index is 0.0220. The summed E-state index contributed by atoms with van der Waals surface area (Å²) in [6, 6.07) is 9.79. The summed E-state index contributed by atoms with van der Waals surface area (Å²) in [4.78, 5) is 39.4. The van der Waals surface area contributed by atoms with Gasteiger partial charge in [0.05, 0.1) is 17.9 Å². The predicted molar refractivity (Wildman–Crippen MR) is 159 cm³/mol. The number of phenols is 2. The molecule has 2 aromatic heterocycles. The average molecular weight is 579 g/mol. The number of fused-ring (bicyclic) bond motifs is 1. The number of benzene rings is 2. The first kappa shape index (κ1) is 30.2. The number of carbonyl (C=O) groups is 2. The second kappa shape index (κ2) is 12.0. The Hall–Kier alpha value is -4.74. The number of ether oxygens (including phenoxy) is 1. The molecule has 0 atom stereocenters. The molecule has 12 heteroatoms. The van der Waals surface area contributed by atoms with Crippen LogP contribution in [0.5, 0.6) is 11.5 Å². The van der Waals surface area contributed by atoms with E-state index in [9.17, 15) is 24.6 Å². The van der Waals surface area contributed by atoms with Gasteiger partial charge in [0.2, 0.25) is 0 Å². The Bertz CT molecular complexity index is 1660. The van der Waals surface area contributed by atoms with Crippen molar-refractivity contribution >= 4 is 22.9 Å². The number of H-pyrrole nitrogens is 1. The molecule has 42 heavy (non-hydrogen) atoms. The third-order valence-corrected chi connectivity index (χ3v) is 6.60. The Kier molecular flexibility index (Phi) is 8.64. The van der Waals surface area contributed by atoms with Crippen LogP contribution in [0.15, 0.2) is 47.4 Å². The maximum atomic E-state index is 12.9. The lowest BCUT2D eigenvalue weighted by Crippen LogP contribution is -2.44. The summed E-state index contributed by atoms with van der Waals surface area (Å²) in [5.74, 6) is -0.569. The van der Waals surface area contributed by atoms with E-state index in [1.165, 1.54) is 10.6 Å². The number of aromatic amines is 1. The molecule has 4 aromatic rings. The summed E-state index contributed by atoms with van der Waals surface area (Å²) in [6.07, 6.45) is 2.57. The van der Waals surface area contributed by atoms with Crippen LogP contribution in [0.25, 0.3) is 28.0 Å². The molecule has 0 unspecified atom stereocenters. The SMILES string of the molecule is CCCN(Cn1ccc2cc(-n3c(-c4cc(C(C)C)c(O)cc4O)n[nH]c3=O)ccc21)C(=O)NCC(=O)OC(C)(C)C. The molecule has 0 spiro atoms. The van der Waals surface area contributed by atoms with Crippen LogP contribution in [0.2, 0.25) is 0 Å². The van der Waals surface area contributed by atoms with Gasteiger partial charge >= 0.3 is 17.7 Å². The summed E-state index contributed by atoms with van der Waals surface area (Å²) in [5, 5.41) is 30.9. The highest BCUT2D eigenvalue weighted by molar-refractivity contribution is 5.84. The first-order valence-electron chi connectivity index (χ1n) is 13.9. The van der Waals surface area contributed by atoms with Crippen LogP contribution in [0, 0.1) is 0 Å². The fourth-order valence-corrected chi connectivity index (χ4v) is 4.73. The molecule has 4 N–H and O–H groups in total. The molecule has 0 fully saturated rings. The largest absolute Gasteiger partial charge is 0.508 e. The molecule has 0 saturated heterocycles. The van der Waals surface area contributed by atoms with Crippen LogP contribution in [0.4, 0.5) is 4.79 Å². The molecule has 0 aliphatic carbocycles. The molecular weight excluding hydrogens is 540 g/mol. The number of esters is 1. The molecule has 0 aliphatic rings. The number of carbonyl (C=O) groups excluding carboxylic acids is 2. The number of aromatic nitrogens is 4. The number of rotatable bonds is 9. The third-order valence-electron chi connectivity index (χ3n) is 6.60. The van der Waals surface area contributed by atoms with Crippen molar-refractivity contribution in [2.75, 3.05) is 13.1 Å². The van der Waals surface area contributed by atoms with Gasteiger partial charge in [-0.2, -0.15) is 5.10 Å². The van der Waals surface area contributed by atoms with Crippen molar-refractivity contribution in [2.24, 2.45) is 0 Å². The first-order chi connectivity index (χ1) is 19.8. The lowest BCUT2D eigenvalue weighted by atomic mass is 9.98. The van der Waals surface area contributed by atoms with Crippen molar-refractivity contribution in [3.05, 3.63) is 58.6 Å². The molecule has 12 nitrogen and oxygen atoms in total.